The van der Waals surface area contributed by atoms with E-state index in [1.54, 1.807) is 19.9 Å². The molecule has 142 valence electrons. The number of rotatable bonds is 1. The van der Waals surface area contributed by atoms with E-state index in [0.717, 1.165) is 5.57 Å². The van der Waals surface area contributed by atoms with Crippen LogP contribution in [0.25, 0.3) is 0 Å². The largest absolute Gasteiger partial charge is 0.454 e. The van der Waals surface area contributed by atoms with Crippen molar-refractivity contribution in [1.82, 2.24) is 0 Å². The van der Waals surface area contributed by atoms with E-state index in [1.807, 2.05) is 6.92 Å². The highest BCUT2D eigenvalue weighted by atomic mass is 16.6. The molecule has 0 aromatic carbocycles. The Morgan fingerprint density at radius 1 is 1.35 bits per heavy atom. The van der Waals surface area contributed by atoms with Crippen molar-refractivity contribution in [3.05, 3.63) is 35.5 Å². The first-order chi connectivity index (χ1) is 12.1. The molecule has 3 aliphatic rings. The highest BCUT2D eigenvalue weighted by Crippen LogP contribution is 2.43. The topological polar surface area (TPSA) is 93.1 Å². The van der Waals surface area contributed by atoms with E-state index in [1.165, 1.54) is 6.08 Å². The van der Waals surface area contributed by atoms with Gasteiger partial charge in [-0.2, -0.15) is 0 Å². The summed E-state index contributed by atoms with van der Waals surface area (Å²) in [5.41, 5.74) is 1.85. The number of allylic oxidation sites excluding steroid dienone is 1. The molecule has 1 fully saturated rings. The fourth-order valence-electron chi connectivity index (χ4n) is 4.07. The number of ketones is 1. The minimum absolute atomic E-state index is 0.0268. The van der Waals surface area contributed by atoms with E-state index in [2.05, 4.69) is 6.58 Å². The third-order valence-electron chi connectivity index (χ3n) is 5.59. The van der Waals surface area contributed by atoms with Gasteiger partial charge in [-0.05, 0) is 32.4 Å². The summed E-state index contributed by atoms with van der Waals surface area (Å²) in [6.45, 7) is 9.15. The van der Waals surface area contributed by atoms with Crippen LogP contribution in [0.15, 0.2) is 35.5 Å². The van der Waals surface area contributed by atoms with Crippen LogP contribution >= 0.6 is 0 Å². The maximum absolute atomic E-state index is 12.3. The van der Waals surface area contributed by atoms with Gasteiger partial charge in [0.25, 0.3) is 0 Å². The molecule has 0 aromatic heterocycles. The van der Waals surface area contributed by atoms with E-state index in [-0.39, 0.29) is 12.2 Å². The lowest BCUT2D eigenvalue weighted by Gasteiger charge is -2.48. The molecule has 0 spiro atoms. The van der Waals surface area contributed by atoms with E-state index < -0.39 is 41.9 Å². The monoisotopic (exact) mass is 362 g/mol. The second kappa shape index (κ2) is 6.76. The van der Waals surface area contributed by atoms with Gasteiger partial charge in [-0.15, -0.1) is 0 Å². The van der Waals surface area contributed by atoms with Gasteiger partial charge in [0.1, 0.15) is 12.2 Å². The SMILES string of the molecule is C=C(C)[C@@H]1C[C@H]2O[C@@](O)([C@@H](C)CC(=O)/C=C(/C)C[C@H]3C=C2C(=O)O3)[C@H]1O. The van der Waals surface area contributed by atoms with Crippen LogP contribution in [0.1, 0.15) is 40.0 Å². The highest BCUT2D eigenvalue weighted by Gasteiger charge is 2.54. The van der Waals surface area contributed by atoms with Crippen molar-refractivity contribution in [1.29, 1.82) is 0 Å². The van der Waals surface area contributed by atoms with Gasteiger partial charge in [-0.25, -0.2) is 4.79 Å². The van der Waals surface area contributed by atoms with E-state index in [4.69, 9.17) is 9.47 Å². The summed E-state index contributed by atoms with van der Waals surface area (Å²) < 4.78 is 11.2. The Morgan fingerprint density at radius 3 is 2.69 bits per heavy atom. The lowest BCUT2D eigenvalue weighted by Crippen LogP contribution is -2.60. The van der Waals surface area contributed by atoms with Gasteiger partial charge in [0.2, 0.25) is 0 Å². The van der Waals surface area contributed by atoms with Crippen LogP contribution in [0.3, 0.4) is 0 Å². The molecule has 6 nitrogen and oxygen atoms in total. The van der Waals surface area contributed by atoms with Crippen LogP contribution in [-0.4, -0.2) is 46.1 Å². The zero-order chi connectivity index (χ0) is 19.2. The second-order valence-electron chi connectivity index (χ2n) is 7.82. The molecular weight excluding hydrogens is 336 g/mol. The van der Waals surface area contributed by atoms with Gasteiger partial charge in [0, 0.05) is 24.7 Å². The lowest BCUT2D eigenvalue weighted by molar-refractivity contribution is -0.325. The van der Waals surface area contributed by atoms with Gasteiger partial charge in [-0.1, -0.05) is 24.6 Å². The number of hydrogen-bond donors (Lipinski definition) is 2. The van der Waals surface area contributed by atoms with Crippen LogP contribution in [0.2, 0.25) is 0 Å². The summed E-state index contributed by atoms with van der Waals surface area (Å²) in [6.07, 6.45) is 1.59. The summed E-state index contributed by atoms with van der Waals surface area (Å²) in [5, 5.41) is 21.9. The first-order valence-electron chi connectivity index (χ1n) is 8.98. The standard InChI is InChI=1S/C20H26O6/c1-10(2)15-9-17-16-8-14(25-19(16)23)6-11(3)5-13(21)7-12(4)20(24,26-17)18(15)22/h5,8,12,14-15,17-18,22,24H,1,6-7,9H2,2-4H3/b11-5-/t12-,14-,15-,17+,18-,20-/m0/s1. The number of fused-ring (bicyclic) bond motifs is 4. The summed E-state index contributed by atoms with van der Waals surface area (Å²) in [5.74, 6) is -3.72. The minimum atomic E-state index is -1.96. The van der Waals surface area contributed by atoms with Crippen molar-refractivity contribution >= 4 is 11.8 Å². The number of aliphatic hydroxyl groups is 2. The quantitative estimate of drug-likeness (QED) is 0.546. The highest BCUT2D eigenvalue weighted by molar-refractivity contribution is 5.92. The first kappa shape index (κ1) is 19.0. The van der Waals surface area contributed by atoms with Crippen LogP contribution in [0.4, 0.5) is 0 Å². The number of hydrogen-bond acceptors (Lipinski definition) is 6. The smallest absolute Gasteiger partial charge is 0.337 e. The Morgan fingerprint density at radius 2 is 2.04 bits per heavy atom. The molecule has 0 unspecified atom stereocenters. The second-order valence-corrected chi connectivity index (χ2v) is 7.82. The Bertz CT molecular complexity index is 705. The predicted octanol–water partition coefficient (Wildman–Crippen LogP) is 1.81. The maximum Gasteiger partial charge on any atom is 0.337 e. The predicted molar refractivity (Wildman–Crippen MR) is 93.9 cm³/mol. The van der Waals surface area contributed by atoms with E-state index >= 15 is 0 Å². The average molecular weight is 362 g/mol. The number of carbonyl (C=O) groups excluding carboxylic acids is 2. The molecule has 0 saturated carbocycles. The third kappa shape index (κ3) is 3.29. The van der Waals surface area contributed by atoms with Crippen LogP contribution in [0, 0.1) is 11.8 Å². The number of carbonyl (C=O) groups is 2. The molecule has 4 bridgehead atoms. The summed E-state index contributed by atoms with van der Waals surface area (Å²) in [4.78, 5) is 24.7. The zero-order valence-corrected chi connectivity index (χ0v) is 15.4. The molecule has 2 N–H and O–H groups in total. The molecule has 26 heavy (non-hydrogen) atoms. The molecule has 0 radical (unpaired) electrons. The molecular formula is C20H26O6. The van der Waals surface area contributed by atoms with Crippen molar-refractivity contribution in [3.63, 3.8) is 0 Å². The molecule has 0 aliphatic carbocycles. The maximum atomic E-state index is 12.3. The molecule has 6 atom stereocenters. The lowest BCUT2D eigenvalue weighted by atomic mass is 9.76. The van der Waals surface area contributed by atoms with Gasteiger partial charge in [-0.3, -0.25) is 4.79 Å². The summed E-state index contributed by atoms with van der Waals surface area (Å²) in [6, 6.07) is 0. The van der Waals surface area contributed by atoms with Crippen LogP contribution in [0.5, 0.6) is 0 Å². The van der Waals surface area contributed by atoms with Gasteiger partial charge in [0.05, 0.1) is 11.7 Å². The Balaban J connectivity index is 2.07. The third-order valence-corrected chi connectivity index (χ3v) is 5.59. The zero-order valence-electron chi connectivity index (χ0n) is 15.4. The van der Waals surface area contributed by atoms with Crippen LogP contribution < -0.4 is 0 Å². The normalized spacial score (nSPS) is 42.7. The first-order valence-corrected chi connectivity index (χ1v) is 8.98. The molecule has 0 amide bonds. The van der Waals surface area contributed by atoms with Gasteiger partial charge >= 0.3 is 5.97 Å². The number of ether oxygens (including phenoxy) is 2. The molecule has 1 saturated heterocycles. The number of aliphatic hydroxyl groups excluding tert-OH is 1. The van der Waals surface area contributed by atoms with E-state index in [0.29, 0.717) is 24.0 Å². The Labute approximate surface area is 153 Å². The summed E-state index contributed by atoms with van der Waals surface area (Å²) in [7, 11) is 0. The van der Waals surface area contributed by atoms with Crippen molar-refractivity contribution < 1.29 is 29.3 Å². The van der Waals surface area contributed by atoms with Gasteiger partial charge < -0.3 is 19.7 Å². The van der Waals surface area contributed by atoms with Crippen molar-refractivity contribution in [2.45, 2.75) is 64.1 Å². The molecule has 6 heteroatoms. The number of esters is 1. The Hall–Kier alpha value is -1.76. The van der Waals surface area contributed by atoms with Crippen molar-refractivity contribution in [3.8, 4) is 0 Å². The fraction of sp³-hybridized carbons (Fsp3) is 0.600. The van der Waals surface area contributed by atoms with Crippen molar-refractivity contribution in [2.24, 2.45) is 11.8 Å². The van der Waals surface area contributed by atoms with E-state index in [9.17, 15) is 19.8 Å². The van der Waals surface area contributed by atoms with Crippen LogP contribution in [-0.2, 0) is 19.1 Å². The molecule has 0 aromatic rings. The summed E-state index contributed by atoms with van der Waals surface area (Å²) >= 11 is 0. The minimum Gasteiger partial charge on any atom is -0.454 e. The molecule has 3 aliphatic heterocycles. The fourth-order valence-corrected chi connectivity index (χ4v) is 4.07. The Kier molecular flexibility index (Phi) is 4.94. The van der Waals surface area contributed by atoms with Crippen molar-refractivity contribution in [2.75, 3.05) is 0 Å². The average Bonchev–Trinajstić information content (AvgIpc) is 2.88. The van der Waals surface area contributed by atoms with Gasteiger partial charge in [0.15, 0.2) is 11.6 Å². The molecule has 3 heterocycles. The molecule has 3 rings (SSSR count).